The van der Waals surface area contributed by atoms with Crippen molar-refractivity contribution in [1.82, 2.24) is 15.0 Å². The number of fused-ring (bicyclic) bond motifs is 3. The number of aromatic nitrogens is 3. The van der Waals surface area contributed by atoms with Gasteiger partial charge in [0.2, 0.25) is 0 Å². The molecule has 4 aromatic rings. The third kappa shape index (κ3) is 4.32. The van der Waals surface area contributed by atoms with Crippen molar-refractivity contribution in [3.63, 3.8) is 0 Å². The monoisotopic (exact) mass is 390 g/mol. The molecule has 0 amide bonds. The van der Waals surface area contributed by atoms with Gasteiger partial charge in [-0.25, -0.2) is 9.97 Å². The summed E-state index contributed by atoms with van der Waals surface area (Å²) in [5.41, 5.74) is 3.77. The minimum atomic E-state index is 0.249. The number of benzene rings is 2. The Morgan fingerprint density at radius 3 is 2.62 bits per heavy atom. The normalized spacial score (nSPS) is 11.4. The Labute approximate surface area is 170 Å². The van der Waals surface area contributed by atoms with E-state index in [1.54, 1.807) is 0 Å². The minimum Gasteiger partial charge on any atom is -0.489 e. The van der Waals surface area contributed by atoms with E-state index in [1.165, 1.54) is 0 Å². The van der Waals surface area contributed by atoms with Crippen LogP contribution in [0.3, 0.4) is 0 Å². The van der Waals surface area contributed by atoms with Crippen molar-refractivity contribution in [2.24, 2.45) is 0 Å². The van der Waals surface area contributed by atoms with Crippen LogP contribution in [0.4, 0.5) is 5.82 Å². The number of rotatable bonds is 8. The number of nitrogens with one attached hydrogen (secondary N) is 2. The minimum absolute atomic E-state index is 0.249. The average Bonchev–Trinajstić information content (AvgIpc) is 3.16. The largest absolute Gasteiger partial charge is 0.489 e. The van der Waals surface area contributed by atoms with Gasteiger partial charge in [-0.2, -0.15) is 0 Å². The molecule has 0 bridgehead atoms. The molecule has 0 aliphatic heterocycles. The van der Waals surface area contributed by atoms with E-state index < -0.39 is 0 Å². The molecule has 150 valence electrons. The number of ether oxygens (including phenoxy) is 2. The van der Waals surface area contributed by atoms with Gasteiger partial charge in [0.1, 0.15) is 35.8 Å². The summed E-state index contributed by atoms with van der Waals surface area (Å²) in [5, 5.41) is 4.41. The van der Waals surface area contributed by atoms with Crippen LogP contribution in [0.25, 0.3) is 21.9 Å². The molecule has 2 N–H and O–H groups in total. The maximum Gasteiger partial charge on any atom is 0.152 e. The number of imidazole rings is 1. The molecule has 0 spiro atoms. The topological polar surface area (TPSA) is 72.1 Å². The van der Waals surface area contributed by atoms with E-state index in [0.717, 1.165) is 44.9 Å². The second-order valence-electron chi connectivity index (χ2n) is 7.26. The van der Waals surface area contributed by atoms with Crippen molar-refractivity contribution in [2.45, 2.75) is 40.0 Å². The number of aromatic amines is 1. The third-order valence-corrected chi connectivity index (χ3v) is 4.56. The van der Waals surface area contributed by atoms with Crippen LogP contribution in [-0.4, -0.2) is 27.6 Å². The lowest BCUT2D eigenvalue weighted by molar-refractivity contribution is 0.129. The number of hydrogen-bond donors (Lipinski definition) is 2. The van der Waals surface area contributed by atoms with Crippen LogP contribution in [0, 0.1) is 0 Å². The Kier molecular flexibility index (Phi) is 5.62. The van der Waals surface area contributed by atoms with Crippen molar-refractivity contribution < 1.29 is 9.47 Å². The fraction of sp³-hybridized carbons (Fsp3) is 0.304. The first kappa shape index (κ1) is 19.2. The van der Waals surface area contributed by atoms with Crippen molar-refractivity contribution in [2.75, 3.05) is 11.9 Å². The predicted octanol–water partition coefficient (Wildman–Crippen LogP) is 5.05. The Balaban J connectivity index is 1.71. The number of H-pyrrole nitrogens is 1. The molecule has 0 atom stereocenters. The Morgan fingerprint density at radius 1 is 1.03 bits per heavy atom. The van der Waals surface area contributed by atoms with Gasteiger partial charge >= 0.3 is 0 Å². The van der Waals surface area contributed by atoms with Gasteiger partial charge in [0.05, 0.1) is 5.52 Å². The summed E-state index contributed by atoms with van der Waals surface area (Å²) in [6, 6.07) is 16.3. The summed E-state index contributed by atoms with van der Waals surface area (Å²) in [7, 11) is 0. The van der Waals surface area contributed by atoms with E-state index in [1.807, 2.05) is 43.3 Å². The highest BCUT2D eigenvalue weighted by atomic mass is 16.5. The number of pyridine rings is 1. The zero-order chi connectivity index (χ0) is 20.2. The third-order valence-electron chi connectivity index (χ3n) is 4.56. The fourth-order valence-electron chi connectivity index (χ4n) is 3.24. The van der Waals surface area contributed by atoms with E-state index in [4.69, 9.17) is 19.4 Å². The molecule has 0 saturated heterocycles. The summed E-state index contributed by atoms with van der Waals surface area (Å²) < 4.78 is 11.5. The van der Waals surface area contributed by atoms with Gasteiger partial charge in [0, 0.05) is 24.1 Å². The molecule has 2 aromatic carbocycles. The second-order valence-corrected chi connectivity index (χ2v) is 7.26. The van der Waals surface area contributed by atoms with Gasteiger partial charge in [0.15, 0.2) is 5.82 Å². The first-order chi connectivity index (χ1) is 14.1. The number of hydrogen-bond acceptors (Lipinski definition) is 5. The molecular weight excluding hydrogens is 364 g/mol. The average molecular weight is 390 g/mol. The Hall–Kier alpha value is -3.12. The number of anilines is 1. The first-order valence-electron chi connectivity index (χ1n) is 9.97. The standard InChI is InChI=1S/C23H26N4O2/c1-4-28-14-20-26-21-18-11-10-17(29-13-16-8-6-5-7-9-16)12-19(18)25-23(22(21)27-20)24-15(2)3/h5-12,15H,4,13-14H2,1-3H3,(H,24,25)(H,26,27). The summed E-state index contributed by atoms with van der Waals surface area (Å²) in [5.74, 6) is 2.37. The lowest BCUT2D eigenvalue weighted by Crippen LogP contribution is -2.11. The SMILES string of the molecule is CCOCc1nc2c([nH]1)c(NC(C)C)nc1cc(OCc3ccccc3)ccc12. The molecule has 0 fully saturated rings. The first-order valence-corrected chi connectivity index (χ1v) is 9.97. The van der Waals surface area contributed by atoms with Gasteiger partial charge in [-0.15, -0.1) is 0 Å². The Bertz CT molecular complexity index is 1110. The highest BCUT2D eigenvalue weighted by Gasteiger charge is 2.15. The lowest BCUT2D eigenvalue weighted by Gasteiger charge is -2.12. The van der Waals surface area contributed by atoms with Gasteiger partial charge in [0.25, 0.3) is 0 Å². The van der Waals surface area contributed by atoms with Gasteiger partial charge in [-0.05, 0) is 38.5 Å². The van der Waals surface area contributed by atoms with E-state index in [-0.39, 0.29) is 6.04 Å². The van der Waals surface area contributed by atoms with Gasteiger partial charge < -0.3 is 19.8 Å². The molecule has 0 aliphatic carbocycles. The second kappa shape index (κ2) is 8.49. The maximum absolute atomic E-state index is 5.98. The smallest absolute Gasteiger partial charge is 0.152 e. The van der Waals surface area contributed by atoms with Crippen LogP contribution >= 0.6 is 0 Å². The van der Waals surface area contributed by atoms with E-state index in [9.17, 15) is 0 Å². The van der Waals surface area contributed by atoms with Crippen molar-refractivity contribution in [1.29, 1.82) is 0 Å². The number of nitrogens with zero attached hydrogens (tertiary/aromatic N) is 2. The quantitative estimate of drug-likeness (QED) is 0.441. The van der Waals surface area contributed by atoms with Crippen LogP contribution in [-0.2, 0) is 18.0 Å². The van der Waals surface area contributed by atoms with Crippen LogP contribution in [0.2, 0.25) is 0 Å². The van der Waals surface area contributed by atoms with Gasteiger partial charge in [-0.3, -0.25) is 0 Å². The highest BCUT2D eigenvalue weighted by Crippen LogP contribution is 2.30. The lowest BCUT2D eigenvalue weighted by atomic mass is 10.1. The molecule has 0 radical (unpaired) electrons. The molecule has 6 nitrogen and oxygen atoms in total. The molecule has 0 aliphatic rings. The molecule has 4 rings (SSSR count). The van der Waals surface area contributed by atoms with Crippen LogP contribution < -0.4 is 10.1 Å². The van der Waals surface area contributed by atoms with E-state index in [2.05, 4.69) is 36.3 Å². The molecular formula is C23H26N4O2. The highest BCUT2D eigenvalue weighted by molar-refractivity contribution is 6.06. The molecule has 29 heavy (non-hydrogen) atoms. The fourth-order valence-corrected chi connectivity index (χ4v) is 3.24. The zero-order valence-corrected chi connectivity index (χ0v) is 17.0. The Morgan fingerprint density at radius 2 is 1.86 bits per heavy atom. The summed E-state index contributed by atoms with van der Waals surface area (Å²) >= 11 is 0. The summed E-state index contributed by atoms with van der Waals surface area (Å²) in [6.07, 6.45) is 0. The van der Waals surface area contributed by atoms with E-state index in [0.29, 0.717) is 19.8 Å². The van der Waals surface area contributed by atoms with Gasteiger partial charge in [-0.1, -0.05) is 30.3 Å². The molecule has 2 aromatic heterocycles. The van der Waals surface area contributed by atoms with E-state index >= 15 is 0 Å². The molecule has 0 unspecified atom stereocenters. The summed E-state index contributed by atoms with van der Waals surface area (Å²) in [4.78, 5) is 13.0. The maximum atomic E-state index is 5.98. The van der Waals surface area contributed by atoms with Crippen molar-refractivity contribution in [3.8, 4) is 5.75 Å². The molecule has 6 heteroatoms. The van der Waals surface area contributed by atoms with Crippen LogP contribution in [0.5, 0.6) is 5.75 Å². The predicted molar refractivity (Wildman–Crippen MR) is 116 cm³/mol. The molecule has 0 saturated carbocycles. The molecule has 2 heterocycles. The van der Waals surface area contributed by atoms with Crippen molar-refractivity contribution >= 4 is 27.8 Å². The zero-order valence-electron chi connectivity index (χ0n) is 17.0. The van der Waals surface area contributed by atoms with Crippen LogP contribution in [0.1, 0.15) is 32.2 Å². The summed E-state index contributed by atoms with van der Waals surface area (Å²) in [6.45, 7) is 7.78. The van der Waals surface area contributed by atoms with Crippen LogP contribution in [0.15, 0.2) is 48.5 Å². The van der Waals surface area contributed by atoms with Crippen molar-refractivity contribution in [3.05, 3.63) is 59.9 Å².